The van der Waals surface area contributed by atoms with Crippen molar-refractivity contribution in [3.63, 3.8) is 0 Å². The second kappa shape index (κ2) is 7.65. The SMILES string of the molecule is C=CC(=O)OCCCCCCC(F)(C(F)(F)F)C(F)(F)F. The van der Waals surface area contributed by atoms with E-state index in [1.54, 1.807) is 0 Å². The smallest absolute Gasteiger partial charge is 0.431 e. The van der Waals surface area contributed by atoms with Crippen molar-refractivity contribution in [2.45, 2.75) is 50.1 Å². The topological polar surface area (TPSA) is 26.3 Å². The van der Waals surface area contributed by atoms with Gasteiger partial charge in [-0.1, -0.05) is 19.4 Å². The Morgan fingerprint density at radius 1 is 0.905 bits per heavy atom. The Kier molecular flexibility index (Phi) is 7.18. The van der Waals surface area contributed by atoms with E-state index in [-0.39, 0.29) is 25.9 Å². The van der Waals surface area contributed by atoms with Gasteiger partial charge in [0.05, 0.1) is 6.61 Å². The summed E-state index contributed by atoms with van der Waals surface area (Å²) in [5.41, 5.74) is -5.19. The predicted molar refractivity (Wildman–Crippen MR) is 60.2 cm³/mol. The molecule has 0 aromatic heterocycles. The van der Waals surface area contributed by atoms with Crippen LogP contribution >= 0.6 is 0 Å². The second-order valence-electron chi connectivity index (χ2n) is 4.33. The Balaban J connectivity index is 4.13. The highest BCUT2D eigenvalue weighted by molar-refractivity contribution is 5.81. The molecule has 0 radical (unpaired) electrons. The fourth-order valence-corrected chi connectivity index (χ4v) is 1.50. The van der Waals surface area contributed by atoms with Crippen LogP contribution in [0, 0.1) is 0 Å². The van der Waals surface area contributed by atoms with Gasteiger partial charge in [0.25, 0.3) is 5.67 Å². The van der Waals surface area contributed by atoms with Gasteiger partial charge >= 0.3 is 18.3 Å². The summed E-state index contributed by atoms with van der Waals surface area (Å²) in [4.78, 5) is 10.6. The van der Waals surface area contributed by atoms with Crippen LogP contribution in [-0.2, 0) is 9.53 Å². The Labute approximate surface area is 116 Å². The predicted octanol–water partition coefficient (Wildman–Crippen LogP) is 4.50. The largest absolute Gasteiger partial charge is 0.463 e. The standard InChI is InChI=1S/C12H15F7O2/c1-2-9(20)21-8-6-4-3-5-7-10(13,11(14,15)16)12(17,18)19/h2H,1,3-8H2. The van der Waals surface area contributed by atoms with Gasteiger partial charge in [-0.25, -0.2) is 9.18 Å². The quantitative estimate of drug-likeness (QED) is 0.284. The van der Waals surface area contributed by atoms with Crippen molar-refractivity contribution >= 4 is 5.97 Å². The lowest BCUT2D eigenvalue weighted by atomic mass is 9.96. The summed E-state index contributed by atoms with van der Waals surface area (Å²) in [6, 6.07) is 0. The lowest BCUT2D eigenvalue weighted by Crippen LogP contribution is -2.53. The summed E-state index contributed by atoms with van der Waals surface area (Å²) in [7, 11) is 0. The van der Waals surface area contributed by atoms with E-state index in [0.29, 0.717) is 0 Å². The number of alkyl halides is 7. The third-order valence-electron chi connectivity index (χ3n) is 2.73. The van der Waals surface area contributed by atoms with Crippen molar-refractivity contribution in [2.75, 3.05) is 6.61 Å². The average molecular weight is 324 g/mol. The van der Waals surface area contributed by atoms with Gasteiger partial charge in [0, 0.05) is 6.08 Å². The number of rotatable bonds is 8. The normalized spacial score (nSPS) is 13.1. The molecule has 2 nitrogen and oxygen atoms in total. The highest BCUT2D eigenvalue weighted by atomic mass is 19.4. The van der Waals surface area contributed by atoms with E-state index in [4.69, 9.17) is 0 Å². The van der Waals surface area contributed by atoms with Crippen molar-refractivity contribution in [1.29, 1.82) is 0 Å². The van der Waals surface area contributed by atoms with Crippen molar-refractivity contribution < 1.29 is 40.3 Å². The summed E-state index contributed by atoms with van der Waals surface area (Å²) < 4.78 is 90.9. The van der Waals surface area contributed by atoms with E-state index in [2.05, 4.69) is 11.3 Å². The number of carbonyl (C=O) groups excluding carboxylic acids is 1. The molecular weight excluding hydrogens is 309 g/mol. The van der Waals surface area contributed by atoms with E-state index in [1.165, 1.54) is 0 Å². The molecule has 0 N–H and O–H groups in total. The minimum atomic E-state index is -6.00. The first-order chi connectivity index (χ1) is 9.45. The van der Waals surface area contributed by atoms with Crippen LogP contribution < -0.4 is 0 Å². The van der Waals surface area contributed by atoms with Crippen molar-refractivity contribution in [2.24, 2.45) is 0 Å². The molecule has 0 aliphatic heterocycles. The Morgan fingerprint density at radius 3 is 1.81 bits per heavy atom. The molecule has 0 unspecified atom stereocenters. The maximum Gasteiger partial charge on any atom is 0.431 e. The lowest BCUT2D eigenvalue weighted by molar-refractivity contribution is -0.343. The van der Waals surface area contributed by atoms with Crippen LogP contribution in [0.2, 0.25) is 0 Å². The second-order valence-corrected chi connectivity index (χ2v) is 4.33. The maximum absolute atomic E-state index is 13.2. The molecule has 0 heterocycles. The molecular formula is C12H15F7O2. The molecule has 0 aliphatic rings. The Morgan fingerprint density at radius 2 is 1.38 bits per heavy atom. The van der Waals surface area contributed by atoms with Gasteiger partial charge < -0.3 is 4.74 Å². The van der Waals surface area contributed by atoms with Gasteiger partial charge in [-0.3, -0.25) is 0 Å². The minimum absolute atomic E-state index is 0.0236. The summed E-state index contributed by atoms with van der Waals surface area (Å²) in [6.45, 7) is 3.11. The third kappa shape index (κ3) is 5.92. The number of halogens is 7. The maximum atomic E-state index is 13.2. The van der Waals surface area contributed by atoms with E-state index in [0.717, 1.165) is 6.08 Å². The highest BCUT2D eigenvalue weighted by Crippen LogP contribution is 2.49. The van der Waals surface area contributed by atoms with Crippen molar-refractivity contribution in [3.05, 3.63) is 12.7 Å². The van der Waals surface area contributed by atoms with Crippen LogP contribution in [0.3, 0.4) is 0 Å². The fourth-order valence-electron chi connectivity index (χ4n) is 1.50. The summed E-state index contributed by atoms with van der Waals surface area (Å²) in [5, 5.41) is 0. The number of unbranched alkanes of at least 4 members (excludes halogenated alkanes) is 3. The molecule has 124 valence electrons. The van der Waals surface area contributed by atoms with Gasteiger partial charge in [0.2, 0.25) is 0 Å². The molecule has 0 saturated heterocycles. The van der Waals surface area contributed by atoms with Gasteiger partial charge in [0.15, 0.2) is 0 Å². The molecule has 9 heteroatoms. The average Bonchev–Trinajstić information content (AvgIpc) is 2.34. The number of ether oxygens (including phenoxy) is 1. The van der Waals surface area contributed by atoms with Gasteiger partial charge in [0.1, 0.15) is 0 Å². The first-order valence-electron chi connectivity index (χ1n) is 6.07. The zero-order valence-electron chi connectivity index (χ0n) is 11.0. The van der Waals surface area contributed by atoms with Crippen LogP contribution in [0.4, 0.5) is 30.7 Å². The molecule has 0 aliphatic carbocycles. The Bertz CT molecular complexity index is 332. The van der Waals surface area contributed by atoms with Gasteiger partial charge in [-0.2, -0.15) is 26.3 Å². The van der Waals surface area contributed by atoms with Gasteiger partial charge in [-0.05, 0) is 19.3 Å². The van der Waals surface area contributed by atoms with Crippen molar-refractivity contribution in [3.8, 4) is 0 Å². The molecule has 0 aromatic carbocycles. The number of hydrogen-bond acceptors (Lipinski definition) is 2. The van der Waals surface area contributed by atoms with Crippen LogP contribution in [0.25, 0.3) is 0 Å². The first kappa shape index (κ1) is 19.7. The molecule has 0 rings (SSSR count). The van der Waals surface area contributed by atoms with E-state index < -0.39 is 36.8 Å². The zero-order chi connectivity index (χ0) is 16.7. The molecule has 0 fully saturated rings. The molecule has 21 heavy (non-hydrogen) atoms. The third-order valence-corrected chi connectivity index (χ3v) is 2.73. The molecule has 0 bridgehead atoms. The van der Waals surface area contributed by atoms with E-state index in [1.807, 2.05) is 0 Å². The van der Waals surface area contributed by atoms with E-state index in [9.17, 15) is 35.5 Å². The van der Waals surface area contributed by atoms with Gasteiger partial charge in [-0.15, -0.1) is 0 Å². The van der Waals surface area contributed by atoms with Crippen LogP contribution in [0.5, 0.6) is 0 Å². The molecule has 0 amide bonds. The Hall–Kier alpha value is -1.28. The monoisotopic (exact) mass is 324 g/mol. The van der Waals surface area contributed by atoms with Crippen molar-refractivity contribution in [1.82, 2.24) is 0 Å². The highest BCUT2D eigenvalue weighted by Gasteiger charge is 2.71. The number of carbonyl (C=O) groups is 1. The zero-order valence-corrected chi connectivity index (χ0v) is 11.0. The minimum Gasteiger partial charge on any atom is -0.463 e. The molecule has 0 atom stereocenters. The van der Waals surface area contributed by atoms with Crippen LogP contribution in [-0.4, -0.2) is 30.6 Å². The number of hydrogen-bond donors (Lipinski definition) is 0. The fraction of sp³-hybridized carbons (Fsp3) is 0.750. The molecule has 0 aromatic rings. The van der Waals surface area contributed by atoms with Crippen LogP contribution in [0.1, 0.15) is 32.1 Å². The van der Waals surface area contributed by atoms with Crippen LogP contribution in [0.15, 0.2) is 12.7 Å². The first-order valence-corrected chi connectivity index (χ1v) is 6.07. The lowest BCUT2D eigenvalue weighted by Gasteiger charge is -2.29. The summed E-state index contributed by atoms with van der Waals surface area (Å²) in [5.74, 6) is -0.674. The summed E-state index contributed by atoms with van der Waals surface area (Å²) in [6.07, 6.45) is -12.9. The molecule has 0 saturated carbocycles. The molecule has 0 spiro atoms. The number of esters is 1. The van der Waals surface area contributed by atoms with E-state index >= 15 is 0 Å². The summed E-state index contributed by atoms with van der Waals surface area (Å²) >= 11 is 0.